The van der Waals surface area contributed by atoms with E-state index >= 15 is 0 Å². The van der Waals surface area contributed by atoms with Crippen LogP contribution < -0.4 is 5.32 Å². The van der Waals surface area contributed by atoms with Crippen LogP contribution in [0.5, 0.6) is 0 Å². The largest absolute Gasteiger partial charge is 0.444 e. The van der Waals surface area contributed by atoms with Crippen LogP contribution in [0.1, 0.15) is 20.8 Å². The van der Waals surface area contributed by atoms with Crippen LogP contribution in [0.15, 0.2) is 0 Å². The lowest BCUT2D eigenvalue weighted by molar-refractivity contribution is 0.0107. The molecule has 7 nitrogen and oxygen atoms in total. The highest BCUT2D eigenvalue weighted by molar-refractivity contribution is 5.68. The Kier molecular flexibility index (Phi) is 10.4. The number of carbonyl (C=O) groups excluding carboxylic acids is 1. The molecule has 1 amide bonds. The molecule has 0 aromatic rings. The summed E-state index contributed by atoms with van der Waals surface area (Å²) in [5.74, 6) is 0. The van der Waals surface area contributed by atoms with Crippen molar-refractivity contribution in [3.8, 4) is 0 Å². The van der Waals surface area contributed by atoms with Crippen LogP contribution in [-0.2, 0) is 18.9 Å². The zero-order valence-electron chi connectivity index (χ0n) is 12.8. The van der Waals surface area contributed by atoms with Gasteiger partial charge in [0.1, 0.15) is 5.60 Å². The molecule has 0 radical (unpaired) electrons. The summed E-state index contributed by atoms with van der Waals surface area (Å²) >= 11 is 0. The number of hydrogen-bond acceptors (Lipinski definition) is 6. The molecule has 0 saturated heterocycles. The molecule has 0 aromatic heterocycles. The zero-order chi connectivity index (χ0) is 15.4. The topological polar surface area (TPSA) is 86.3 Å². The van der Waals surface area contributed by atoms with Crippen molar-refractivity contribution in [1.82, 2.24) is 5.32 Å². The smallest absolute Gasteiger partial charge is 0.408 e. The van der Waals surface area contributed by atoms with E-state index in [4.69, 9.17) is 24.1 Å². The van der Waals surface area contributed by atoms with Gasteiger partial charge in [-0.25, -0.2) is 4.79 Å². The van der Waals surface area contributed by atoms with Crippen LogP contribution in [0, 0.1) is 0 Å². The third-order valence-corrected chi connectivity index (χ3v) is 2.06. The van der Waals surface area contributed by atoms with Gasteiger partial charge in [-0.05, 0) is 20.8 Å². The van der Waals surface area contributed by atoms with Crippen molar-refractivity contribution in [2.45, 2.75) is 32.4 Å². The minimum absolute atomic E-state index is 0.198. The Hall–Kier alpha value is -0.890. The van der Waals surface area contributed by atoms with E-state index in [1.807, 2.05) is 0 Å². The molecule has 0 spiro atoms. The lowest BCUT2D eigenvalue weighted by Crippen LogP contribution is -2.43. The number of rotatable bonds is 10. The van der Waals surface area contributed by atoms with Crippen molar-refractivity contribution >= 4 is 6.09 Å². The molecule has 0 fully saturated rings. The molecule has 0 aliphatic rings. The summed E-state index contributed by atoms with van der Waals surface area (Å²) in [6.07, 6.45) is -0.573. The third-order valence-electron chi connectivity index (χ3n) is 2.06. The minimum Gasteiger partial charge on any atom is -0.444 e. The second-order valence-corrected chi connectivity index (χ2v) is 5.21. The van der Waals surface area contributed by atoms with Gasteiger partial charge in [-0.3, -0.25) is 0 Å². The Bertz CT molecular complexity index is 254. The van der Waals surface area contributed by atoms with Gasteiger partial charge in [-0.15, -0.1) is 0 Å². The number of methoxy groups -OCH3 is 1. The first-order valence-electron chi connectivity index (χ1n) is 6.64. The number of ether oxygens (including phenoxy) is 4. The van der Waals surface area contributed by atoms with Crippen molar-refractivity contribution in [2.75, 3.05) is 46.8 Å². The molecule has 20 heavy (non-hydrogen) atoms. The molecule has 1 atom stereocenters. The normalized spacial score (nSPS) is 13.1. The van der Waals surface area contributed by atoms with Gasteiger partial charge in [-0.2, -0.15) is 0 Å². The Morgan fingerprint density at radius 2 is 1.75 bits per heavy atom. The van der Waals surface area contributed by atoms with Crippen LogP contribution in [0.3, 0.4) is 0 Å². The molecule has 7 heteroatoms. The van der Waals surface area contributed by atoms with Gasteiger partial charge in [0.2, 0.25) is 0 Å². The molecule has 0 saturated carbocycles. The Labute approximate surface area is 120 Å². The van der Waals surface area contributed by atoms with Crippen molar-refractivity contribution in [3.05, 3.63) is 0 Å². The van der Waals surface area contributed by atoms with Gasteiger partial charge in [0.25, 0.3) is 0 Å². The van der Waals surface area contributed by atoms with Gasteiger partial charge in [-0.1, -0.05) is 0 Å². The Balaban J connectivity index is 3.69. The fourth-order valence-corrected chi connectivity index (χ4v) is 1.20. The number of aliphatic hydroxyl groups is 1. The van der Waals surface area contributed by atoms with Gasteiger partial charge in [0.15, 0.2) is 0 Å². The van der Waals surface area contributed by atoms with E-state index in [1.165, 1.54) is 0 Å². The summed E-state index contributed by atoms with van der Waals surface area (Å²) in [5.41, 5.74) is -0.569. The van der Waals surface area contributed by atoms with Crippen molar-refractivity contribution in [1.29, 1.82) is 0 Å². The number of nitrogens with one attached hydrogen (secondary N) is 1. The fourth-order valence-electron chi connectivity index (χ4n) is 1.20. The quantitative estimate of drug-likeness (QED) is 0.572. The van der Waals surface area contributed by atoms with E-state index in [1.54, 1.807) is 27.9 Å². The van der Waals surface area contributed by atoms with Crippen LogP contribution in [0.4, 0.5) is 4.79 Å². The molecular weight excluding hydrogens is 266 g/mol. The summed E-state index contributed by atoms with van der Waals surface area (Å²) in [6.45, 7) is 7.17. The highest BCUT2D eigenvalue weighted by atomic mass is 16.6. The molecule has 0 unspecified atom stereocenters. The second-order valence-electron chi connectivity index (χ2n) is 5.21. The summed E-state index contributed by atoms with van der Waals surface area (Å²) in [5, 5.41) is 11.7. The summed E-state index contributed by atoms with van der Waals surface area (Å²) in [4.78, 5) is 11.5. The van der Waals surface area contributed by atoms with Gasteiger partial charge < -0.3 is 29.4 Å². The maximum absolute atomic E-state index is 11.5. The van der Waals surface area contributed by atoms with E-state index in [2.05, 4.69) is 5.32 Å². The third kappa shape index (κ3) is 12.2. The first-order chi connectivity index (χ1) is 9.39. The van der Waals surface area contributed by atoms with Crippen LogP contribution >= 0.6 is 0 Å². The molecule has 0 rings (SSSR count). The molecule has 0 aliphatic heterocycles. The Morgan fingerprint density at radius 1 is 1.15 bits per heavy atom. The lowest BCUT2D eigenvalue weighted by Gasteiger charge is -2.22. The first kappa shape index (κ1) is 19.1. The maximum atomic E-state index is 11.5. The number of hydrogen-bond donors (Lipinski definition) is 2. The molecule has 0 aromatic carbocycles. The van der Waals surface area contributed by atoms with E-state index in [0.29, 0.717) is 26.4 Å². The predicted octanol–water partition coefficient (Wildman–Crippen LogP) is 0.552. The van der Waals surface area contributed by atoms with Crippen LogP contribution in [-0.4, -0.2) is 69.6 Å². The molecule has 0 aliphatic carbocycles. The average molecular weight is 293 g/mol. The summed E-state index contributed by atoms with van der Waals surface area (Å²) in [7, 11) is 1.61. The van der Waals surface area contributed by atoms with Crippen LogP contribution in [0.2, 0.25) is 0 Å². The highest BCUT2D eigenvalue weighted by Gasteiger charge is 2.19. The first-order valence-corrected chi connectivity index (χ1v) is 6.64. The van der Waals surface area contributed by atoms with Crippen molar-refractivity contribution < 1.29 is 28.8 Å². The summed E-state index contributed by atoms with van der Waals surface area (Å²) in [6, 6.07) is -0.496. The van der Waals surface area contributed by atoms with Crippen LogP contribution in [0.25, 0.3) is 0 Å². The summed E-state index contributed by atoms with van der Waals surface area (Å²) < 4.78 is 20.4. The van der Waals surface area contributed by atoms with E-state index in [-0.39, 0.29) is 13.2 Å². The standard InChI is InChI=1S/C13H27NO6/c1-13(2,3)20-12(16)14-11(9-15)10-19-8-7-18-6-5-17-4/h11,15H,5-10H2,1-4H3,(H,14,16)/t11-/m1/s1. The van der Waals surface area contributed by atoms with Gasteiger partial charge in [0, 0.05) is 7.11 Å². The molecule has 120 valence electrons. The molecule has 2 N–H and O–H groups in total. The average Bonchev–Trinajstić information content (AvgIpc) is 2.34. The molecule has 0 bridgehead atoms. The maximum Gasteiger partial charge on any atom is 0.408 e. The number of aliphatic hydroxyl groups excluding tert-OH is 1. The molecular formula is C13H27NO6. The second kappa shape index (κ2) is 10.8. The monoisotopic (exact) mass is 293 g/mol. The molecule has 0 heterocycles. The SMILES string of the molecule is COCCOCCOC[C@@H](CO)NC(=O)OC(C)(C)C. The number of alkyl carbamates (subject to hydrolysis) is 1. The number of amides is 1. The van der Waals surface area contributed by atoms with Crippen molar-refractivity contribution in [3.63, 3.8) is 0 Å². The fraction of sp³-hybridized carbons (Fsp3) is 0.923. The Morgan fingerprint density at radius 3 is 2.30 bits per heavy atom. The van der Waals surface area contributed by atoms with Crippen molar-refractivity contribution in [2.24, 2.45) is 0 Å². The number of carbonyl (C=O) groups is 1. The lowest BCUT2D eigenvalue weighted by atomic mass is 10.2. The zero-order valence-corrected chi connectivity index (χ0v) is 12.8. The predicted molar refractivity (Wildman–Crippen MR) is 73.8 cm³/mol. The van der Waals surface area contributed by atoms with E-state index in [9.17, 15) is 4.79 Å². The van der Waals surface area contributed by atoms with E-state index < -0.39 is 17.7 Å². The van der Waals surface area contributed by atoms with E-state index in [0.717, 1.165) is 0 Å². The highest BCUT2D eigenvalue weighted by Crippen LogP contribution is 2.06. The minimum atomic E-state index is -0.573. The van der Waals surface area contributed by atoms with Gasteiger partial charge >= 0.3 is 6.09 Å². The van der Waals surface area contributed by atoms with Gasteiger partial charge in [0.05, 0.1) is 45.7 Å².